The van der Waals surface area contributed by atoms with Crippen molar-refractivity contribution in [3.05, 3.63) is 23.5 Å². The molecular formula is C17H30N2O. The third-order valence-electron chi connectivity index (χ3n) is 3.07. The molecule has 0 aliphatic heterocycles. The van der Waals surface area contributed by atoms with E-state index >= 15 is 0 Å². The van der Waals surface area contributed by atoms with Gasteiger partial charge in [-0.2, -0.15) is 0 Å². The van der Waals surface area contributed by atoms with Gasteiger partial charge in [-0.3, -0.25) is 4.98 Å². The zero-order valence-corrected chi connectivity index (χ0v) is 13.9. The Kier molecular flexibility index (Phi) is 6.47. The van der Waals surface area contributed by atoms with E-state index in [9.17, 15) is 0 Å². The van der Waals surface area contributed by atoms with Gasteiger partial charge in [0.25, 0.3) is 0 Å². The van der Waals surface area contributed by atoms with E-state index in [0.717, 1.165) is 42.5 Å². The second kappa shape index (κ2) is 7.63. The van der Waals surface area contributed by atoms with Crippen LogP contribution in [0, 0.1) is 12.8 Å². The lowest BCUT2D eigenvalue weighted by Gasteiger charge is -2.21. The van der Waals surface area contributed by atoms with Gasteiger partial charge in [0.1, 0.15) is 5.75 Å². The Morgan fingerprint density at radius 1 is 1.30 bits per heavy atom. The summed E-state index contributed by atoms with van der Waals surface area (Å²) < 4.78 is 5.95. The van der Waals surface area contributed by atoms with E-state index < -0.39 is 0 Å². The Morgan fingerprint density at radius 3 is 2.60 bits per heavy atom. The molecule has 0 atom stereocenters. The number of pyridine rings is 1. The Bertz CT molecular complexity index is 408. The number of hydrogen-bond donors (Lipinski definition) is 1. The second-order valence-corrected chi connectivity index (χ2v) is 6.92. The van der Waals surface area contributed by atoms with Gasteiger partial charge in [-0.15, -0.1) is 0 Å². The van der Waals surface area contributed by atoms with Crippen molar-refractivity contribution in [2.75, 3.05) is 6.61 Å². The molecule has 0 fully saturated rings. The van der Waals surface area contributed by atoms with Gasteiger partial charge in [-0.25, -0.2) is 0 Å². The predicted octanol–water partition coefficient (Wildman–Crippen LogP) is 4.09. The van der Waals surface area contributed by atoms with Gasteiger partial charge in [0.2, 0.25) is 0 Å². The molecule has 0 aliphatic rings. The number of ether oxygens (including phenoxy) is 1. The van der Waals surface area contributed by atoms with Crippen LogP contribution in [0.3, 0.4) is 0 Å². The quantitative estimate of drug-likeness (QED) is 0.763. The molecule has 0 bridgehead atoms. The van der Waals surface area contributed by atoms with Crippen LogP contribution in [0.2, 0.25) is 0 Å². The van der Waals surface area contributed by atoms with Crippen molar-refractivity contribution in [3.63, 3.8) is 0 Å². The molecule has 0 amide bonds. The summed E-state index contributed by atoms with van der Waals surface area (Å²) in [5.74, 6) is 1.71. The number of aromatic nitrogens is 1. The number of nitrogens with zero attached hydrogens (tertiary/aromatic N) is 1. The van der Waals surface area contributed by atoms with Crippen LogP contribution in [0.25, 0.3) is 0 Å². The highest BCUT2D eigenvalue weighted by molar-refractivity contribution is 5.32. The maximum absolute atomic E-state index is 5.95. The first-order chi connectivity index (χ1) is 9.28. The molecule has 0 radical (unpaired) electrons. The first kappa shape index (κ1) is 17.0. The van der Waals surface area contributed by atoms with Crippen LogP contribution in [0.1, 0.15) is 58.7 Å². The van der Waals surface area contributed by atoms with Crippen LogP contribution in [0.4, 0.5) is 0 Å². The van der Waals surface area contributed by atoms with Crippen LogP contribution in [-0.4, -0.2) is 17.1 Å². The Labute approximate surface area is 124 Å². The number of nitrogens with one attached hydrogen (secondary N) is 1. The number of hydrogen-bond acceptors (Lipinski definition) is 3. The van der Waals surface area contributed by atoms with Crippen molar-refractivity contribution in [2.45, 2.75) is 66.5 Å². The summed E-state index contributed by atoms with van der Waals surface area (Å²) in [6, 6.07) is 2.04. The molecule has 0 saturated heterocycles. The Hall–Kier alpha value is -1.09. The van der Waals surface area contributed by atoms with Gasteiger partial charge in [-0.1, -0.05) is 13.8 Å². The van der Waals surface area contributed by atoms with E-state index in [0.29, 0.717) is 0 Å². The molecule has 20 heavy (non-hydrogen) atoms. The predicted molar refractivity (Wildman–Crippen MR) is 85.1 cm³/mol. The lowest BCUT2D eigenvalue weighted by Crippen LogP contribution is -2.35. The molecular weight excluding hydrogens is 248 g/mol. The van der Waals surface area contributed by atoms with Crippen LogP contribution in [0.5, 0.6) is 5.75 Å². The molecule has 1 N–H and O–H groups in total. The standard InChI is InChI=1S/C17H30N2O/c1-13(2)8-7-9-20-16-10-14(3)18-11-15(16)12-19-17(4,5)6/h10-11,13,19H,7-9,12H2,1-6H3. The first-order valence-corrected chi connectivity index (χ1v) is 7.61. The fourth-order valence-corrected chi connectivity index (χ4v) is 1.86. The average molecular weight is 278 g/mol. The molecule has 0 aromatic carbocycles. The maximum Gasteiger partial charge on any atom is 0.127 e. The van der Waals surface area contributed by atoms with Crippen molar-refractivity contribution in [1.29, 1.82) is 0 Å². The second-order valence-electron chi connectivity index (χ2n) is 6.92. The van der Waals surface area contributed by atoms with E-state index in [1.54, 1.807) is 0 Å². The van der Waals surface area contributed by atoms with Crippen LogP contribution >= 0.6 is 0 Å². The lowest BCUT2D eigenvalue weighted by molar-refractivity contribution is 0.292. The minimum Gasteiger partial charge on any atom is -0.493 e. The third kappa shape index (κ3) is 6.90. The van der Waals surface area contributed by atoms with Crippen molar-refractivity contribution in [2.24, 2.45) is 5.92 Å². The molecule has 1 aromatic rings. The van der Waals surface area contributed by atoms with E-state index in [2.05, 4.69) is 44.9 Å². The fourth-order valence-electron chi connectivity index (χ4n) is 1.86. The molecule has 1 heterocycles. The maximum atomic E-state index is 5.95. The summed E-state index contributed by atoms with van der Waals surface area (Å²) in [4.78, 5) is 4.38. The van der Waals surface area contributed by atoms with Crippen molar-refractivity contribution >= 4 is 0 Å². The molecule has 0 saturated carbocycles. The summed E-state index contributed by atoms with van der Waals surface area (Å²) in [6.07, 6.45) is 4.23. The Morgan fingerprint density at radius 2 is 2.00 bits per heavy atom. The SMILES string of the molecule is Cc1cc(OCCCC(C)C)c(CNC(C)(C)C)cn1. The normalized spacial score (nSPS) is 11.9. The van der Waals surface area contributed by atoms with Crippen LogP contribution in [-0.2, 0) is 6.54 Å². The van der Waals surface area contributed by atoms with E-state index in [4.69, 9.17) is 4.74 Å². The van der Waals surface area contributed by atoms with Gasteiger partial charge in [0.15, 0.2) is 0 Å². The monoisotopic (exact) mass is 278 g/mol. The molecule has 1 rings (SSSR count). The van der Waals surface area contributed by atoms with E-state index in [1.807, 2.05) is 19.2 Å². The van der Waals surface area contributed by atoms with Gasteiger partial charge < -0.3 is 10.1 Å². The molecule has 3 nitrogen and oxygen atoms in total. The molecule has 0 spiro atoms. The first-order valence-electron chi connectivity index (χ1n) is 7.61. The smallest absolute Gasteiger partial charge is 0.127 e. The van der Waals surface area contributed by atoms with Crippen LogP contribution < -0.4 is 10.1 Å². The molecule has 1 aromatic heterocycles. The zero-order chi connectivity index (χ0) is 15.2. The minimum absolute atomic E-state index is 0.0970. The highest BCUT2D eigenvalue weighted by atomic mass is 16.5. The average Bonchev–Trinajstić information content (AvgIpc) is 2.32. The van der Waals surface area contributed by atoms with Gasteiger partial charge in [-0.05, 0) is 46.5 Å². The van der Waals surface area contributed by atoms with Crippen molar-refractivity contribution in [1.82, 2.24) is 10.3 Å². The van der Waals surface area contributed by atoms with Crippen molar-refractivity contribution < 1.29 is 4.74 Å². The highest BCUT2D eigenvalue weighted by Crippen LogP contribution is 2.20. The van der Waals surface area contributed by atoms with Crippen LogP contribution in [0.15, 0.2) is 12.3 Å². The van der Waals surface area contributed by atoms with E-state index in [1.165, 1.54) is 6.42 Å². The molecule has 0 unspecified atom stereocenters. The van der Waals surface area contributed by atoms with Gasteiger partial charge in [0, 0.05) is 35.6 Å². The number of aryl methyl sites for hydroxylation is 1. The lowest BCUT2D eigenvalue weighted by atomic mass is 10.1. The van der Waals surface area contributed by atoms with Gasteiger partial charge >= 0.3 is 0 Å². The zero-order valence-electron chi connectivity index (χ0n) is 13.9. The van der Waals surface area contributed by atoms with Crippen molar-refractivity contribution in [3.8, 4) is 5.75 Å². The summed E-state index contributed by atoms with van der Waals surface area (Å²) in [6.45, 7) is 14.6. The highest BCUT2D eigenvalue weighted by Gasteiger charge is 2.11. The summed E-state index contributed by atoms with van der Waals surface area (Å²) in [5.41, 5.74) is 2.23. The van der Waals surface area contributed by atoms with Gasteiger partial charge in [0.05, 0.1) is 6.61 Å². The minimum atomic E-state index is 0.0970. The molecule has 3 heteroatoms. The molecule has 0 aliphatic carbocycles. The summed E-state index contributed by atoms with van der Waals surface area (Å²) in [7, 11) is 0. The summed E-state index contributed by atoms with van der Waals surface area (Å²) >= 11 is 0. The fraction of sp³-hybridized carbons (Fsp3) is 0.706. The summed E-state index contributed by atoms with van der Waals surface area (Å²) in [5, 5.41) is 3.49. The number of rotatable bonds is 7. The topological polar surface area (TPSA) is 34.1 Å². The third-order valence-corrected chi connectivity index (χ3v) is 3.07. The molecule has 114 valence electrons. The Balaban J connectivity index is 2.60. The largest absolute Gasteiger partial charge is 0.493 e. The van der Waals surface area contributed by atoms with E-state index in [-0.39, 0.29) is 5.54 Å².